The molecule has 0 aliphatic heterocycles. The van der Waals surface area contributed by atoms with E-state index in [-0.39, 0.29) is 6.42 Å². The van der Waals surface area contributed by atoms with E-state index in [2.05, 4.69) is 6.92 Å². The highest BCUT2D eigenvalue weighted by atomic mass is 16.4. The Morgan fingerprint density at radius 1 is 0.733 bits per heavy atom. The number of hydrogen-bond acceptors (Lipinski definition) is 1. The molecular formula is C13H25O2. The number of rotatable bonds is 11. The summed E-state index contributed by atoms with van der Waals surface area (Å²) in [6.45, 7) is 2.23. The first kappa shape index (κ1) is 14.5. The molecule has 0 rings (SSSR count). The van der Waals surface area contributed by atoms with Gasteiger partial charge in [-0.2, -0.15) is 0 Å². The Morgan fingerprint density at radius 3 is 1.53 bits per heavy atom. The highest BCUT2D eigenvalue weighted by molar-refractivity contribution is 5.66. The molecule has 1 radical (unpaired) electrons. The quantitative estimate of drug-likeness (QED) is 0.472. The van der Waals surface area contributed by atoms with Crippen LogP contribution in [0.15, 0.2) is 0 Å². The molecule has 0 N–H and O–H groups in total. The second-order valence-corrected chi connectivity index (χ2v) is 4.30. The van der Waals surface area contributed by atoms with Gasteiger partial charge in [-0.1, -0.05) is 64.7 Å². The highest BCUT2D eigenvalue weighted by Crippen LogP contribution is 2.11. The summed E-state index contributed by atoms with van der Waals surface area (Å²) in [7, 11) is 0. The summed E-state index contributed by atoms with van der Waals surface area (Å²) in [6.07, 6.45) is 12.6. The molecule has 89 valence electrons. The third-order valence-corrected chi connectivity index (χ3v) is 2.73. The normalized spacial score (nSPS) is 10.5. The molecule has 0 aromatic carbocycles. The Bertz CT molecular complexity index is 143. The zero-order chi connectivity index (χ0) is 11.4. The van der Waals surface area contributed by atoms with Gasteiger partial charge in [0.25, 0.3) is 0 Å². The molecule has 0 aliphatic carbocycles. The van der Waals surface area contributed by atoms with E-state index in [1.54, 1.807) is 0 Å². The van der Waals surface area contributed by atoms with Crippen LogP contribution < -0.4 is 0 Å². The number of carbonyl (C=O) groups is 1. The van der Waals surface area contributed by atoms with Crippen molar-refractivity contribution in [2.24, 2.45) is 0 Å². The maximum Gasteiger partial charge on any atom is 0.355 e. The summed E-state index contributed by atoms with van der Waals surface area (Å²) in [4.78, 5) is 10.1. The van der Waals surface area contributed by atoms with E-state index < -0.39 is 5.97 Å². The monoisotopic (exact) mass is 213 g/mol. The first-order chi connectivity index (χ1) is 7.27. The molecular weight excluding hydrogens is 188 g/mol. The predicted molar refractivity (Wildman–Crippen MR) is 62.2 cm³/mol. The molecule has 0 unspecified atom stereocenters. The van der Waals surface area contributed by atoms with Gasteiger partial charge in [-0.15, -0.1) is 0 Å². The summed E-state index contributed by atoms with van der Waals surface area (Å²) < 4.78 is 0. The van der Waals surface area contributed by atoms with Crippen molar-refractivity contribution in [3.05, 3.63) is 0 Å². The van der Waals surface area contributed by atoms with Crippen molar-refractivity contribution in [1.82, 2.24) is 0 Å². The predicted octanol–water partition coefficient (Wildman–Crippen LogP) is 4.25. The zero-order valence-electron chi connectivity index (χ0n) is 10.1. The first-order valence-corrected chi connectivity index (χ1v) is 6.47. The average molecular weight is 213 g/mol. The zero-order valence-corrected chi connectivity index (χ0v) is 10.1. The fraction of sp³-hybridized carbons (Fsp3) is 0.923. The third kappa shape index (κ3) is 13.5. The summed E-state index contributed by atoms with van der Waals surface area (Å²) in [5.74, 6) is -0.908. The summed E-state index contributed by atoms with van der Waals surface area (Å²) in [5, 5.41) is 10.1. The molecule has 0 amide bonds. The Kier molecular flexibility index (Phi) is 11.1. The lowest BCUT2D eigenvalue weighted by Crippen LogP contribution is -1.91. The van der Waals surface area contributed by atoms with Crippen molar-refractivity contribution in [3.63, 3.8) is 0 Å². The molecule has 15 heavy (non-hydrogen) atoms. The van der Waals surface area contributed by atoms with E-state index in [4.69, 9.17) is 0 Å². The van der Waals surface area contributed by atoms with Crippen LogP contribution in [0.25, 0.3) is 0 Å². The Morgan fingerprint density at radius 2 is 1.13 bits per heavy atom. The van der Waals surface area contributed by atoms with Crippen LogP contribution in [0.3, 0.4) is 0 Å². The van der Waals surface area contributed by atoms with Crippen LogP contribution in [0.1, 0.15) is 77.6 Å². The van der Waals surface area contributed by atoms with Crippen molar-refractivity contribution in [2.45, 2.75) is 77.6 Å². The smallest absolute Gasteiger partial charge is 0.247 e. The van der Waals surface area contributed by atoms with Crippen LogP contribution in [0.2, 0.25) is 0 Å². The SMILES string of the molecule is CCCCCCCCCCCCC([O])=O. The fourth-order valence-electron chi connectivity index (χ4n) is 1.76. The van der Waals surface area contributed by atoms with Gasteiger partial charge in [-0.05, 0) is 6.42 Å². The Labute approximate surface area is 94.1 Å². The maximum atomic E-state index is 10.1. The molecule has 0 aromatic rings. The topological polar surface area (TPSA) is 37.0 Å². The van der Waals surface area contributed by atoms with Crippen molar-refractivity contribution in [1.29, 1.82) is 0 Å². The molecule has 0 aromatic heterocycles. The van der Waals surface area contributed by atoms with Gasteiger partial charge in [0.05, 0.1) is 6.42 Å². The average Bonchev–Trinajstić information content (AvgIpc) is 2.20. The lowest BCUT2D eigenvalue weighted by atomic mass is 10.1. The standard InChI is InChI=1S/C13H25O2/c1-2-3-4-5-6-7-8-9-10-11-12-13(14)15/h2-12H2,1H3. The van der Waals surface area contributed by atoms with Crippen molar-refractivity contribution < 1.29 is 9.90 Å². The van der Waals surface area contributed by atoms with Gasteiger partial charge in [0.1, 0.15) is 0 Å². The van der Waals surface area contributed by atoms with Gasteiger partial charge in [-0.25, -0.2) is 9.90 Å². The fourth-order valence-corrected chi connectivity index (χ4v) is 1.76. The van der Waals surface area contributed by atoms with Gasteiger partial charge < -0.3 is 0 Å². The van der Waals surface area contributed by atoms with Crippen LogP contribution >= 0.6 is 0 Å². The Balaban J connectivity index is 2.89. The van der Waals surface area contributed by atoms with E-state index in [0.29, 0.717) is 0 Å². The molecule has 0 atom stereocenters. The van der Waals surface area contributed by atoms with Gasteiger partial charge in [-0.3, -0.25) is 0 Å². The van der Waals surface area contributed by atoms with Crippen molar-refractivity contribution in [2.75, 3.05) is 0 Å². The van der Waals surface area contributed by atoms with Crippen molar-refractivity contribution >= 4 is 5.97 Å². The molecule has 0 aliphatic rings. The highest BCUT2D eigenvalue weighted by Gasteiger charge is 1.98. The lowest BCUT2D eigenvalue weighted by molar-refractivity contribution is -0.143. The minimum Gasteiger partial charge on any atom is -0.247 e. The van der Waals surface area contributed by atoms with E-state index >= 15 is 0 Å². The molecule has 0 bridgehead atoms. The lowest BCUT2D eigenvalue weighted by Gasteiger charge is -2.00. The molecule has 2 heteroatoms. The van der Waals surface area contributed by atoms with Gasteiger partial charge in [0.15, 0.2) is 0 Å². The minimum absolute atomic E-state index is 0.233. The van der Waals surface area contributed by atoms with E-state index in [1.807, 2.05) is 0 Å². The molecule has 0 spiro atoms. The number of unbranched alkanes of at least 4 members (excludes halogenated alkanes) is 9. The Hall–Kier alpha value is -0.530. The van der Waals surface area contributed by atoms with Crippen LogP contribution in [-0.4, -0.2) is 5.97 Å². The van der Waals surface area contributed by atoms with Crippen molar-refractivity contribution in [3.8, 4) is 0 Å². The van der Waals surface area contributed by atoms with Gasteiger partial charge in [0.2, 0.25) is 0 Å². The third-order valence-electron chi connectivity index (χ3n) is 2.73. The van der Waals surface area contributed by atoms with E-state index in [9.17, 15) is 9.90 Å². The summed E-state index contributed by atoms with van der Waals surface area (Å²) in [5.41, 5.74) is 0. The van der Waals surface area contributed by atoms with Crippen LogP contribution in [0.4, 0.5) is 0 Å². The van der Waals surface area contributed by atoms with Crippen LogP contribution in [-0.2, 0) is 9.90 Å². The second-order valence-electron chi connectivity index (χ2n) is 4.30. The molecule has 0 saturated heterocycles. The largest absolute Gasteiger partial charge is 0.355 e. The van der Waals surface area contributed by atoms with Gasteiger partial charge in [0, 0.05) is 0 Å². The van der Waals surface area contributed by atoms with Crippen LogP contribution in [0.5, 0.6) is 0 Å². The number of carbonyl (C=O) groups excluding carboxylic acids is 1. The number of hydrogen-bond donors (Lipinski definition) is 0. The molecule has 0 fully saturated rings. The van der Waals surface area contributed by atoms with E-state index in [0.717, 1.165) is 12.8 Å². The molecule has 0 saturated carbocycles. The minimum atomic E-state index is -0.908. The molecule has 0 heterocycles. The van der Waals surface area contributed by atoms with E-state index in [1.165, 1.54) is 51.4 Å². The maximum absolute atomic E-state index is 10.1. The van der Waals surface area contributed by atoms with Crippen LogP contribution in [0, 0.1) is 0 Å². The molecule has 2 nitrogen and oxygen atoms in total. The van der Waals surface area contributed by atoms with Gasteiger partial charge >= 0.3 is 5.97 Å². The second kappa shape index (κ2) is 11.5. The first-order valence-electron chi connectivity index (χ1n) is 6.47. The summed E-state index contributed by atoms with van der Waals surface area (Å²) in [6, 6.07) is 0. The summed E-state index contributed by atoms with van der Waals surface area (Å²) >= 11 is 0.